The van der Waals surface area contributed by atoms with Gasteiger partial charge in [-0.3, -0.25) is 9.59 Å². The van der Waals surface area contributed by atoms with Gasteiger partial charge in [0.05, 0.1) is 26.1 Å². The van der Waals surface area contributed by atoms with Crippen LogP contribution < -0.4 is 60.3 Å². The quantitative estimate of drug-likeness (QED) is 0.182. The van der Waals surface area contributed by atoms with E-state index in [0.717, 1.165) is 13.1 Å². The number of hydrogen-bond acceptors (Lipinski definition) is 6. The average Bonchev–Trinajstić information content (AvgIpc) is 2.33. The molecule has 0 aromatic heterocycles. The van der Waals surface area contributed by atoms with Crippen molar-refractivity contribution in [3.63, 3.8) is 0 Å². The van der Waals surface area contributed by atoms with Gasteiger partial charge in [0.2, 0.25) is 0 Å². The van der Waals surface area contributed by atoms with Crippen molar-refractivity contribution in [1.82, 2.24) is 10.6 Å². The molecule has 0 rings (SSSR count). The van der Waals surface area contributed by atoms with Crippen LogP contribution in [-0.2, 0) is 40.1 Å². The average molecular weight is 597 g/mol. The third-order valence-corrected chi connectivity index (χ3v) is 2.10. The number of rotatable bonds is 11. The van der Waals surface area contributed by atoms with E-state index in [2.05, 4.69) is 10.6 Å². The summed E-state index contributed by atoms with van der Waals surface area (Å²) in [5.74, 6) is -0.361. The third-order valence-electron chi connectivity index (χ3n) is 2.10. The van der Waals surface area contributed by atoms with Crippen LogP contribution in [0.15, 0.2) is 0 Å². The Kier molecular flexibility index (Phi) is 51.8. The Bertz CT molecular complexity index is 231. The van der Waals surface area contributed by atoms with Gasteiger partial charge in [0.15, 0.2) is 0 Å². The topological polar surface area (TPSA) is 76.7 Å². The summed E-state index contributed by atoms with van der Waals surface area (Å²) in [6.07, 6.45) is 0.771. The number of carbonyl (C=O) groups excluding carboxylic acids is 2. The minimum Gasteiger partial charge on any atom is -1.00 e. The minimum absolute atomic E-state index is 0. The third kappa shape index (κ3) is 31.1. The monoisotopic (exact) mass is 595 g/mol. The predicted molar refractivity (Wildman–Crippen MR) is 68.2 cm³/mol. The first-order valence-corrected chi connectivity index (χ1v) is 6.43. The fourth-order valence-electron chi connectivity index (χ4n) is 1.27. The number of carbonyl (C=O) groups is 2. The molecule has 0 saturated heterocycles. The smallest absolute Gasteiger partial charge is 1.00 e. The molecule has 0 atom stereocenters. The fourth-order valence-corrected chi connectivity index (χ4v) is 1.27. The summed E-state index contributed by atoms with van der Waals surface area (Å²) < 4.78 is 9.58. The van der Waals surface area contributed by atoms with Crippen molar-refractivity contribution in [2.45, 2.75) is 26.7 Å². The van der Waals surface area contributed by atoms with Gasteiger partial charge in [-0.15, -0.1) is 0 Å². The number of nitrogens with one attached hydrogen (secondary N) is 2. The molecular formula is C12H24Cl4N2O4Pt. The molecule has 11 heteroatoms. The molecule has 0 aliphatic rings. The van der Waals surface area contributed by atoms with E-state index in [9.17, 15) is 9.59 Å². The molecule has 2 N–H and O–H groups in total. The molecule has 0 radical (unpaired) electrons. The van der Waals surface area contributed by atoms with Crippen LogP contribution in [0.1, 0.15) is 26.7 Å². The van der Waals surface area contributed by atoms with Crippen LogP contribution in [0.4, 0.5) is 0 Å². The predicted octanol–water partition coefficient (Wildman–Crippen LogP) is -11.9. The van der Waals surface area contributed by atoms with Crippen LogP contribution in [0.5, 0.6) is 0 Å². The largest absolute Gasteiger partial charge is 4.00 e. The fraction of sp³-hybridized carbons (Fsp3) is 0.833. The Hall–Kier alpha value is 0.708. The molecule has 0 aromatic rings. The zero-order valence-corrected chi connectivity index (χ0v) is 18.4. The normalized spacial score (nSPS) is 7.91. The van der Waals surface area contributed by atoms with Gasteiger partial charge < -0.3 is 69.7 Å². The molecule has 0 unspecified atom stereocenters. The molecule has 0 fully saturated rings. The molecule has 0 spiro atoms. The van der Waals surface area contributed by atoms with E-state index < -0.39 is 0 Å². The van der Waals surface area contributed by atoms with Gasteiger partial charge in [-0.2, -0.15) is 0 Å². The van der Waals surface area contributed by atoms with Gasteiger partial charge in [0, 0.05) is 26.2 Å². The molecular weight excluding hydrogens is 573 g/mol. The number of ether oxygens (including phenoxy) is 2. The maximum absolute atomic E-state index is 11.0. The molecule has 0 aromatic carbocycles. The van der Waals surface area contributed by atoms with Crippen LogP contribution >= 0.6 is 0 Å². The van der Waals surface area contributed by atoms with Gasteiger partial charge in [-0.25, -0.2) is 0 Å². The SMILES string of the molecule is CCOC(=O)CCNCCNCCC(=O)OCC.[Cl-].[Cl-].[Cl-].[Cl-].[Pt+4]. The molecule has 6 nitrogen and oxygen atoms in total. The Labute approximate surface area is 177 Å². The number of hydrogen-bond donors (Lipinski definition) is 2. The molecule has 0 bridgehead atoms. The van der Waals surface area contributed by atoms with Crippen molar-refractivity contribution in [2.24, 2.45) is 0 Å². The van der Waals surface area contributed by atoms with Crippen molar-refractivity contribution in [3.05, 3.63) is 0 Å². The first kappa shape index (κ1) is 39.0. The van der Waals surface area contributed by atoms with E-state index in [4.69, 9.17) is 9.47 Å². The van der Waals surface area contributed by atoms with Crippen molar-refractivity contribution in [2.75, 3.05) is 39.4 Å². The summed E-state index contributed by atoms with van der Waals surface area (Å²) in [6, 6.07) is 0. The van der Waals surface area contributed by atoms with E-state index in [1.165, 1.54) is 0 Å². The molecule has 0 aliphatic heterocycles. The Morgan fingerprint density at radius 3 is 1.26 bits per heavy atom. The molecule has 144 valence electrons. The number of esters is 2. The second kappa shape index (κ2) is 30.6. The molecule has 23 heavy (non-hydrogen) atoms. The van der Waals surface area contributed by atoms with Gasteiger partial charge in [-0.05, 0) is 13.8 Å². The molecule has 0 amide bonds. The minimum atomic E-state index is -0.180. The molecule has 0 saturated carbocycles. The van der Waals surface area contributed by atoms with Crippen molar-refractivity contribution < 1.29 is 89.8 Å². The first-order valence-electron chi connectivity index (χ1n) is 6.43. The van der Waals surface area contributed by atoms with Crippen molar-refractivity contribution in [1.29, 1.82) is 0 Å². The van der Waals surface area contributed by atoms with Crippen LogP contribution in [0.3, 0.4) is 0 Å². The first-order chi connectivity index (χ1) is 8.70. The molecule has 0 aliphatic carbocycles. The summed E-state index contributed by atoms with van der Waals surface area (Å²) in [5, 5.41) is 6.22. The zero-order chi connectivity index (χ0) is 13.6. The standard InChI is InChI=1S/C12H24N2O4.4ClH.Pt/c1-3-17-11(15)5-7-13-9-10-14-8-6-12(16)18-4-2;;;;;/h13-14H,3-10H2,1-2H3;4*1H;/q;;;;;+4/p-4. The summed E-state index contributed by atoms with van der Waals surface area (Å²) in [4.78, 5) is 22.0. The summed E-state index contributed by atoms with van der Waals surface area (Å²) in [5.41, 5.74) is 0. The molecule has 0 heterocycles. The van der Waals surface area contributed by atoms with Gasteiger partial charge in [0.1, 0.15) is 0 Å². The maximum Gasteiger partial charge on any atom is 4.00 e. The van der Waals surface area contributed by atoms with E-state index >= 15 is 0 Å². The Morgan fingerprint density at radius 1 is 0.696 bits per heavy atom. The van der Waals surface area contributed by atoms with Gasteiger partial charge in [0.25, 0.3) is 0 Å². The maximum atomic E-state index is 11.0. The van der Waals surface area contributed by atoms with Crippen LogP contribution in [-0.4, -0.2) is 51.3 Å². The zero-order valence-electron chi connectivity index (χ0n) is 13.1. The van der Waals surface area contributed by atoms with E-state index in [-0.39, 0.29) is 82.6 Å². The van der Waals surface area contributed by atoms with Crippen molar-refractivity contribution in [3.8, 4) is 0 Å². The second-order valence-corrected chi connectivity index (χ2v) is 3.61. The summed E-state index contributed by atoms with van der Waals surface area (Å²) >= 11 is 0. The van der Waals surface area contributed by atoms with Crippen LogP contribution in [0.2, 0.25) is 0 Å². The van der Waals surface area contributed by atoms with Crippen LogP contribution in [0, 0.1) is 0 Å². The summed E-state index contributed by atoms with van der Waals surface area (Å²) in [7, 11) is 0. The van der Waals surface area contributed by atoms with E-state index in [1.54, 1.807) is 13.8 Å². The van der Waals surface area contributed by atoms with E-state index in [1.807, 2.05) is 0 Å². The van der Waals surface area contributed by atoms with Gasteiger partial charge >= 0.3 is 33.0 Å². The second-order valence-electron chi connectivity index (χ2n) is 3.61. The van der Waals surface area contributed by atoms with E-state index in [0.29, 0.717) is 39.1 Å². The van der Waals surface area contributed by atoms with Crippen molar-refractivity contribution >= 4 is 11.9 Å². The van der Waals surface area contributed by atoms with Crippen LogP contribution in [0.25, 0.3) is 0 Å². The summed E-state index contributed by atoms with van der Waals surface area (Å²) in [6.45, 7) is 7.15. The number of halogens is 4. The van der Waals surface area contributed by atoms with Gasteiger partial charge in [-0.1, -0.05) is 0 Å². The Balaban J connectivity index is -0.000000144. The Morgan fingerprint density at radius 2 is 1.00 bits per heavy atom.